The summed E-state index contributed by atoms with van der Waals surface area (Å²) in [6.07, 6.45) is 0. The number of rotatable bonds is 2. The van der Waals surface area contributed by atoms with E-state index < -0.39 is 15.4 Å². The van der Waals surface area contributed by atoms with E-state index in [4.69, 9.17) is 5.26 Å². The first kappa shape index (κ1) is 9.79. The summed E-state index contributed by atoms with van der Waals surface area (Å²) in [5.41, 5.74) is 0. The van der Waals surface area contributed by atoms with Crippen LogP contribution in [-0.2, 0) is 13.4 Å². The molecule has 0 heterocycles. The van der Waals surface area contributed by atoms with Crippen LogP contribution in [0.1, 0.15) is 0 Å². The van der Waals surface area contributed by atoms with Crippen molar-refractivity contribution in [3.8, 4) is 5.81 Å². The van der Waals surface area contributed by atoms with Crippen LogP contribution in [0.15, 0.2) is 0 Å². The number of hydrogen-bond acceptors (Lipinski definition) is 7. The third-order valence-corrected chi connectivity index (χ3v) is 2.23. The smallest absolute Gasteiger partial charge is 0.239 e. The van der Waals surface area contributed by atoms with Crippen LogP contribution in [0.4, 0.5) is 0 Å². The summed E-state index contributed by atoms with van der Waals surface area (Å²) < 4.78 is 22.3. The molecule has 1 unspecified atom stereocenters. The number of nitrogens with zero attached hydrogens (tertiary/aromatic N) is 1. The summed E-state index contributed by atoms with van der Waals surface area (Å²) in [7, 11) is -10.7. The van der Waals surface area contributed by atoms with Crippen LogP contribution >= 0.6 is 15.4 Å². The average molecular weight is 184 g/mol. The van der Waals surface area contributed by atoms with Gasteiger partial charge in [-0.15, -0.1) is 0 Å². The zero-order valence-corrected chi connectivity index (χ0v) is 6.08. The van der Waals surface area contributed by atoms with Crippen LogP contribution in [0, 0.1) is 11.1 Å². The van der Waals surface area contributed by atoms with E-state index >= 15 is 0 Å². The van der Waals surface area contributed by atoms with Gasteiger partial charge >= 0.3 is 0 Å². The maximum atomic E-state index is 9.89. The van der Waals surface area contributed by atoms with Crippen molar-refractivity contribution < 1.29 is 28.1 Å². The molecule has 0 aromatic rings. The van der Waals surface area contributed by atoms with Gasteiger partial charge < -0.3 is 19.2 Å². The molecule has 0 radical (unpaired) electrons. The van der Waals surface area contributed by atoms with Crippen LogP contribution in [0.25, 0.3) is 0 Å². The lowest BCUT2D eigenvalue weighted by atomic mass is 11.8. The van der Waals surface area contributed by atoms with E-state index in [2.05, 4.69) is 4.31 Å². The molecule has 7 nitrogen and oxygen atoms in total. The van der Waals surface area contributed by atoms with E-state index in [9.17, 15) is 23.8 Å². The summed E-state index contributed by atoms with van der Waals surface area (Å²) >= 11 is 0. The molecule has 0 aliphatic rings. The lowest BCUT2D eigenvalue weighted by Gasteiger charge is -2.32. The lowest BCUT2D eigenvalue weighted by Crippen LogP contribution is -2.17. The van der Waals surface area contributed by atoms with Gasteiger partial charge in [-0.2, -0.15) is 5.26 Å². The predicted molar refractivity (Wildman–Crippen MR) is 21.9 cm³/mol. The van der Waals surface area contributed by atoms with Crippen LogP contribution in [-0.4, -0.2) is 0 Å². The molecular formula is CNO6P2-3. The SMILES string of the molecule is N#CP(=O)([O-])OP(=O)([O-])[O-]. The summed E-state index contributed by atoms with van der Waals surface area (Å²) in [6.45, 7) is 0. The summed E-state index contributed by atoms with van der Waals surface area (Å²) in [5.74, 6) is 0.503. The Kier molecular flexibility index (Phi) is 2.75. The molecule has 58 valence electrons. The molecule has 0 aliphatic carbocycles. The Bertz CT molecular complexity index is 245. The number of nitriles is 1. The molecule has 0 bridgehead atoms. The molecule has 0 amide bonds. The van der Waals surface area contributed by atoms with Gasteiger partial charge in [-0.3, -0.25) is 8.88 Å². The third kappa shape index (κ3) is 4.65. The van der Waals surface area contributed by atoms with Gasteiger partial charge in [0.1, 0.15) is 5.81 Å². The van der Waals surface area contributed by atoms with E-state index in [1.165, 1.54) is 0 Å². The van der Waals surface area contributed by atoms with Crippen LogP contribution in [0.2, 0.25) is 0 Å². The molecule has 0 aromatic heterocycles. The Labute approximate surface area is 55.6 Å². The van der Waals surface area contributed by atoms with Gasteiger partial charge in [0.2, 0.25) is 7.60 Å². The summed E-state index contributed by atoms with van der Waals surface area (Å²) in [5, 5.41) is 7.61. The Hall–Kier alpha value is -0.210. The standard InChI is InChI=1S/CH3NO6P2/c2-1-9(3,4)8-10(5,6)7/h(H,3,4)(H2,5,6,7)/p-3. The Balaban J connectivity index is 4.36. The van der Waals surface area contributed by atoms with Gasteiger partial charge in [0.15, 0.2) is 0 Å². The van der Waals surface area contributed by atoms with Crippen molar-refractivity contribution >= 4 is 15.4 Å². The summed E-state index contributed by atoms with van der Waals surface area (Å²) in [6, 6.07) is 0. The fourth-order valence-electron chi connectivity index (χ4n) is 0.150. The van der Waals surface area contributed by atoms with Crippen molar-refractivity contribution in [1.29, 1.82) is 5.26 Å². The zero-order valence-electron chi connectivity index (χ0n) is 4.29. The van der Waals surface area contributed by atoms with Crippen molar-refractivity contribution in [2.24, 2.45) is 0 Å². The maximum Gasteiger partial charge on any atom is 0.239 e. The Morgan fingerprint density at radius 1 is 1.30 bits per heavy atom. The second-order valence-corrected chi connectivity index (χ2v) is 3.87. The van der Waals surface area contributed by atoms with Crippen molar-refractivity contribution in [3.63, 3.8) is 0 Å². The second kappa shape index (κ2) is 2.81. The van der Waals surface area contributed by atoms with Crippen molar-refractivity contribution in [2.75, 3.05) is 0 Å². The summed E-state index contributed by atoms with van der Waals surface area (Å²) in [4.78, 5) is 29.0. The lowest BCUT2D eigenvalue weighted by molar-refractivity contribution is -0.337. The maximum absolute atomic E-state index is 9.89. The molecule has 0 aromatic carbocycles. The molecule has 0 rings (SSSR count). The third-order valence-electron chi connectivity index (χ3n) is 0.330. The van der Waals surface area contributed by atoms with Gasteiger partial charge in [0, 0.05) is 0 Å². The topological polar surface area (TPSA) is 136 Å². The van der Waals surface area contributed by atoms with Gasteiger partial charge in [-0.25, -0.2) is 0 Å². The van der Waals surface area contributed by atoms with E-state index in [1.807, 2.05) is 0 Å². The molecule has 0 N–H and O–H groups in total. The van der Waals surface area contributed by atoms with Gasteiger partial charge in [-0.1, -0.05) is 0 Å². The van der Waals surface area contributed by atoms with Crippen LogP contribution in [0.5, 0.6) is 0 Å². The first-order valence-corrected chi connectivity index (χ1v) is 4.73. The van der Waals surface area contributed by atoms with Crippen LogP contribution in [0.3, 0.4) is 0 Å². The average Bonchev–Trinajstić information content (AvgIpc) is 1.60. The molecule has 1 atom stereocenters. The minimum Gasteiger partial charge on any atom is -0.790 e. The quantitative estimate of drug-likeness (QED) is 0.446. The van der Waals surface area contributed by atoms with E-state index in [0.717, 1.165) is 0 Å². The molecule has 0 fully saturated rings. The van der Waals surface area contributed by atoms with E-state index in [1.54, 1.807) is 0 Å². The largest absolute Gasteiger partial charge is 0.790 e. The Morgan fingerprint density at radius 2 is 1.70 bits per heavy atom. The highest BCUT2D eigenvalue weighted by molar-refractivity contribution is 7.65. The first-order valence-electron chi connectivity index (χ1n) is 1.73. The highest BCUT2D eigenvalue weighted by Gasteiger charge is 2.07. The Morgan fingerprint density at radius 3 is 1.80 bits per heavy atom. The van der Waals surface area contributed by atoms with Gasteiger partial charge in [-0.05, 0) is 0 Å². The van der Waals surface area contributed by atoms with E-state index in [0.29, 0.717) is 5.81 Å². The minimum absolute atomic E-state index is 0.503. The number of phosphoric acid groups is 1. The molecule has 9 heteroatoms. The first-order chi connectivity index (χ1) is 4.27. The van der Waals surface area contributed by atoms with Gasteiger partial charge in [0.25, 0.3) is 0 Å². The van der Waals surface area contributed by atoms with Gasteiger partial charge in [0.05, 0.1) is 7.82 Å². The molecule has 0 saturated carbocycles. The predicted octanol–water partition coefficient (Wildman–Crippen LogP) is -2.13. The van der Waals surface area contributed by atoms with Crippen molar-refractivity contribution in [3.05, 3.63) is 0 Å². The highest BCUT2D eigenvalue weighted by atomic mass is 31.3. The monoisotopic (exact) mass is 184 g/mol. The molecule has 10 heavy (non-hydrogen) atoms. The molecule has 0 saturated heterocycles. The van der Waals surface area contributed by atoms with Crippen molar-refractivity contribution in [2.45, 2.75) is 0 Å². The highest BCUT2D eigenvalue weighted by Crippen LogP contribution is 2.48. The fraction of sp³-hybridized carbons (Fsp3) is 0. The van der Waals surface area contributed by atoms with E-state index in [-0.39, 0.29) is 0 Å². The fourth-order valence-corrected chi connectivity index (χ4v) is 1.35. The molecule has 0 aliphatic heterocycles. The zero-order chi connectivity index (χ0) is 8.41. The van der Waals surface area contributed by atoms with Crippen molar-refractivity contribution in [1.82, 2.24) is 0 Å². The molecular weight excluding hydrogens is 184 g/mol. The number of hydrogen-bond donors (Lipinski definition) is 0. The second-order valence-electron chi connectivity index (χ2n) is 1.13. The minimum atomic E-state index is -5.60. The van der Waals surface area contributed by atoms with Crippen LogP contribution < -0.4 is 14.7 Å². The normalized spacial score (nSPS) is 17.4. The molecule has 0 spiro atoms.